The van der Waals surface area contributed by atoms with Gasteiger partial charge in [0.15, 0.2) is 0 Å². The quantitative estimate of drug-likeness (QED) is 0.799. The zero-order chi connectivity index (χ0) is 11.5. The van der Waals surface area contributed by atoms with Gasteiger partial charge in [-0.1, -0.05) is 0 Å². The Hall–Kier alpha value is -0.420. The summed E-state index contributed by atoms with van der Waals surface area (Å²) in [5.74, 6) is 1.89. The lowest BCUT2D eigenvalue weighted by Crippen LogP contribution is -2.50. The molecule has 88 valence electrons. The first kappa shape index (κ1) is 12.6. The minimum absolute atomic E-state index is 0.0135. The van der Waals surface area contributed by atoms with Crippen molar-refractivity contribution in [2.45, 2.75) is 32.4 Å². The maximum absolute atomic E-state index is 11.8. The molecule has 0 atom stereocenters. The third-order valence-electron chi connectivity index (χ3n) is 2.03. The molecule has 1 saturated heterocycles. The lowest BCUT2D eigenvalue weighted by molar-refractivity contribution is 0.0155. The molecule has 1 N–H and O–H groups in total. The highest BCUT2D eigenvalue weighted by molar-refractivity contribution is 8.00. The van der Waals surface area contributed by atoms with E-state index in [4.69, 9.17) is 9.84 Å². The molecule has 1 fully saturated rings. The second kappa shape index (κ2) is 5.07. The Morgan fingerprint density at radius 2 is 2.13 bits per heavy atom. The smallest absolute Gasteiger partial charge is 0.410 e. The summed E-state index contributed by atoms with van der Waals surface area (Å²) >= 11 is 1.80. The summed E-state index contributed by atoms with van der Waals surface area (Å²) in [5, 5.41) is 8.90. The molecule has 5 heteroatoms. The second-order valence-corrected chi connectivity index (χ2v) is 5.66. The van der Waals surface area contributed by atoms with Crippen LogP contribution >= 0.6 is 11.8 Å². The number of aliphatic hydroxyl groups excluding tert-OH is 1. The van der Waals surface area contributed by atoms with E-state index in [1.54, 1.807) is 16.7 Å². The van der Waals surface area contributed by atoms with Gasteiger partial charge in [0.2, 0.25) is 0 Å². The molecule has 15 heavy (non-hydrogen) atoms. The summed E-state index contributed by atoms with van der Waals surface area (Å²) in [5.41, 5.74) is -0.471. The van der Waals surface area contributed by atoms with Crippen molar-refractivity contribution in [2.75, 3.05) is 24.7 Å². The normalized spacial score (nSPS) is 17.1. The average molecular weight is 233 g/mol. The number of amides is 1. The molecule has 0 spiro atoms. The Labute approximate surface area is 95.0 Å². The maximum Gasteiger partial charge on any atom is 0.410 e. The van der Waals surface area contributed by atoms with Crippen LogP contribution in [0, 0.1) is 0 Å². The fourth-order valence-corrected chi connectivity index (χ4v) is 2.06. The Morgan fingerprint density at radius 3 is 2.47 bits per heavy atom. The molecule has 1 heterocycles. The first-order valence-corrected chi connectivity index (χ1v) is 6.28. The summed E-state index contributed by atoms with van der Waals surface area (Å²) in [4.78, 5) is 13.4. The molecular formula is C10H19NO3S. The van der Waals surface area contributed by atoms with Crippen LogP contribution in [0.4, 0.5) is 4.79 Å². The Balaban J connectivity index is 2.50. The Kier molecular flexibility index (Phi) is 4.28. The van der Waals surface area contributed by atoms with Gasteiger partial charge >= 0.3 is 6.09 Å². The molecule has 0 aliphatic carbocycles. The van der Waals surface area contributed by atoms with E-state index in [-0.39, 0.29) is 18.7 Å². The molecule has 0 aromatic carbocycles. The number of carbonyl (C=O) groups is 1. The van der Waals surface area contributed by atoms with Crippen molar-refractivity contribution in [3.05, 3.63) is 0 Å². The van der Waals surface area contributed by atoms with Crippen LogP contribution in [0.2, 0.25) is 0 Å². The number of ether oxygens (including phenoxy) is 1. The Bertz CT molecular complexity index is 223. The van der Waals surface area contributed by atoms with Gasteiger partial charge in [0.1, 0.15) is 5.60 Å². The first-order chi connectivity index (χ1) is 6.94. The van der Waals surface area contributed by atoms with Crippen molar-refractivity contribution >= 4 is 17.9 Å². The van der Waals surface area contributed by atoms with Crippen molar-refractivity contribution in [3.63, 3.8) is 0 Å². The fraction of sp³-hybridized carbons (Fsp3) is 0.900. The monoisotopic (exact) mass is 233 g/mol. The third-order valence-corrected chi connectivity index (χ3v) is 3.27. The molecule has 1 aliphatic heterocycles. The molecule has 1 rings (SSSR count). The lowest BCUT2D eigenvalue weighted by Gasteiger charge is -2.37. The van der Waals surface area contributed by atoms with Crippen LogP contribution in [-0.4, -0.2) is 52.4 Å². The van der Waals surface area contributed by atoms with Gasteiger partial charge in [0.25, 0.3) is 0 Å². The molecule has 4 nitrogen and oxygen atoms in total. The minimum Gasteiger partial charge on any atom is -0.444 e. The van der Waals surface area contributed by atoms with E-state index >= 15 is 0 Å². The summed E-state index contributed by atoms with van der Waals surface area (Å²) in [6.45, 7) is 5.88. The van der Waals surface area contributed by atoms with Crippen LogP contribution < -0.4 is 0 Å². The molecule has 0 aromatic heterocycles. The van der Waals surface area contributed by atoms with Crippen LogP contribution in [0.1, 0.15) is 20.8 Å². The average Bonchev–Trinajstić information content (AvgIpc) is 1.96. The zero-order valence-corrected chi connectivity index (χ0v) is 10.3. The molecule has 0 saturated carbocycles. The molecule has 0 unspecified atom stereocenters. The first-order valence-electron chi connectivity index (χ1n) is 5.12. The standard InChI is InChI=1S/C10H19NO3S/c1-10(2,3)14-9(13)11(4-5-12)8-6-15-7-8/h8,12H,4-7H2,1-3H3. The fourth-order valence-electron chi connectivity index (χ4n) is 1.25. The van der Waals surface area contributed by atoms with Crippen molar-refractivity contribution in [3.8, 4) is 0 Å². The summed E-state index contributed by atoms with van der Waals surface area (Å²) in [6.07, 6.45) is -0.318. The summed E-state index contributed by atoms with van der Waals surface area (Å²) in [6, 6.07) is 0.233. The summed E-state index contributed by atoms with van der Waals surface area (Å²) < 4.78 is 5.28. The lowest BCUT2D eigenvalue weighted by atomic mass is 10.2. The molecule has 0 bridgehead atoms. The topological polar surface area (TPSA) is 49.8 Å². The third kappa shape index (κ3) is 3.91. The molecule has 0 aromatic rings. The van der Waals surface area contributed by atoms with Crippen molar-refractivity contribution in [2.24, 2.45) is 0 Å². The van der Waals surface area contributed by atoms with E-state index in [1.165, 1.54) is 0 Å². The Morgan fingerprint density at radius 1 is 1.53 bits per heavy atom. The van der Waals surface area contributed by atoms with Gasteiger partial charge in [-0.15, -0.1) is 0 Å². The molecule has 1 amide bonds. The predicted molar refractivity (Wildman–Crippen MR) is 61.1 cm³/mol. The number of carbonyl (C=O) groups excluding carboxylic acids is 1. The van der Waals surface area contributed by atoms with E-state index in [2.05, 4.69) is 0 Å². The minimum atomic E-state index is -0.471. The molecular weight excluding hydrogens is 214 g/mol. The van der Waals surface area contributed by atoms with Crippen LogP contribution in [0.5, 0.6) is 0 Å². The van der Waals surface area contributed by atoms with Gasteiger partial charge in [-0.05, 0) is 20.8 Å². The number of rotatable bonds is 3. The molecule has 0 radical (unpaired) electrons. The largest absolute Gasteiger partial charge is 0.444 e. The van der Waals surface area contributed by atoms with Crippen molar-refractivity contribution < 1.29 is 14.6 Å². The second-order valence-electron chi connectivity index (χ2n) is 4.59. The number of aliphatic hydroxyl groups is 1. The van der Waals surface area contributed by atoms with Crippen molar-refractivity contribution in [1.29, 1.82) is 0 Å². The summed E-state index contributed by atoms with van der Waals surface area (Å²) in [7, 11) is 0. The SMILES string of the molecule is CC(C)(C)OC(=O)N(CCO)C1CSC1. The van der Waals surface area contributed by atoms with E-state index in [1.807, 2.05) is 20.8 Å². The van der Waals surface area contributed by atoms with E-state index in [0.717, 1.165) is 11.5 Å². The van der Waals surface area contributed by atoms with Gasteiger partial charge in [0, 0.05) is 18.1 Å². The van der Waals surface area contributed by atoms with Gasteiger partial charge in [0.05, 0.1) is 12.6 Å². The highest BCUT2D eigenvalue weighted by Crippen LogP contribution is 2.24. The van der Waals surface area contributed by atoms with Gasteiger partial charge < -0.3 is 14.7 Å². The van der Waals surface area contributed by atoms with Gasteiger partial charge in [-0.3, -0.25) is 0 Å². The predicted octanol–water partition coefficient (Wildman–Crippen LogP) is 1.33. The number of hydrogen-bond acceptors (Lipinski definition) is 4. The molecule has 1 aliphatic rings. The highest BCUT2D eigenvalue weighted by Gasteiger charge is 2.31. The maximum atomic E-state index is 11.8. The van der Waals surface area contributed by atoms with E-state index < -0.39 is 5.60 Å². The van der Waals surface area contributed by atoms with Gasteiger partial charge in [-0.2, -0.15) is 11.8 Å². The van der Waals surface area contributed by atoms with E-state index in [0.29, 0.717) is 6.54 Å². The van der Waals surface area contributed by atoms with E-state index in [9.17, 15) is 4.79 Å². The number of nitrogens with zero attached hydrogens (tertiary/aromatic N) is 1. The number of hydrogen-bond donors (Lipinski definition) is 1. The van der Waals surface area contributed by atoms with Gasteiger partial charge in [-0.25, -0.2) is 4.79 Å². The van der Waals surface area contributed by atoms with Crippen molar-refractivity contribution in [1.82, 2.24) is 4.90 Å². The van der Waals surface area contributed by atoms with Crippen LogP contribution in [-0.2, 0) is 4.74 Å². The highest BCUT2D eigenvalue weighted by atomic mass is 32.2. The number of thioether (sulfide) groups is 1. The van der Waals surface area contributed by atoms with Crippen LogP contribution in [0.25, 0.3) is 0 Å². The van der Waals surface area contributed by atoms with Crippen LogP contribution in [0.3, 0.4) is 0 Å². The zero-order valence-electron chi connectivity index (χ0n) is 9.52. The van der Waals surface area contributed by atoms with Crippen LogP contribution in [0.15, 0.2) is 0 Å².